The molecule has 0 N–H and O–H groups in total. The summed E-state index contributed by atoms with van der Waals surface area (Å²) in [6, 6.07) is 20.0. The Hall–Kier alpha value is -1.82. The third-order valence-electron chi connectivity index (χ3n) is 4.24. The zero-order valence-corrected chi connectivity index (χ0v) is 12.4. The molecule has 0 heteroatoms. The van der Waals surface area contributed by atoms with Gasteiger partial charge in [-0.05, 0) is 47.4 Å². The summed E-state index contributed by atoms with van der Waals surface area (Å²) in [7, 11) is 0. The third-order valence-corrected chi connectivity index (χ3v) is 4.24. The molecule has 0 aromatic heterocycles. The Morgan fingerprint density at radius 3 is 1.90 bits per heavy atom. The topological polar surface area (TPSA) is 0 Å². The molecule has 0 nitrogen and oxygen atoms in total. The summed E-state index contributed by atoms with van der Waals surface area (Å²) in [5, 5.41) is 0. The van der Waals surface area contributed by atoms with Gasteiger partial charge >= 0.3 is 0 Å². The van der Waals surface area contributed by atoms with Gasteiger partial charge < -0.3 is 0 Å². The molecule has 0 aliphatic heterocycles. The predicted molar refractivity (Wildman–Crippen MR) is 86.8 cm³/mol. The molecular formula is C20H22. The molecule has 1 saturated carbocycles. The maximum Gasteiger partial charge on any atom is -0.0119 e. The van der Waals surface area contributed by atoms with Crippen LogP contribution in [0.2, 0.25) is 0 Å². The molecule has 0 atom stereocenters. The molecule has 0 spiro atoms. The summed E-state index contributed by atoms with van der Waals surface area (Å²) in [5.74, 6) is 0.598. The van der Waals surface area contributed by atoms with Gasteiger partial charge in [-0.25, -0.2) is 0 Å². The summed E-state index contributed by atoms with van der Waals surface area (Å²) in [6.45, 7) is 4.50. The van der Waals surface area contributed by atoms with Crippen molar-refractivity contribution in [2.24, 2.45) is 0 Å². The van der Waals surface area contributed by atoms with E-state index in [0.717, 1.165) is 0 Å². The monoisotopic (exact) mass is 262 g/mol. The van der Waals surface area contributed by atoms with E-state index >= 15 is 0 Å². The smallest absolute Gasteiger partial charge is 0.0119 e. The average molecular weight is 262 g/mol. The van der Waals surface area contributed by atoms with Gasteiger partial charge in [0.05, 0.1) is 0 Å². The lowest BCUT2D eigenvalue weighted by Gasteiger charge is -2.23. The normalized spacial score (nSPS) is 14.2. The van der Waals surface area contributed by atoms with Crippen LogP contribution in [0.5, 0.6) is 0 Å². The highest BCUT2D eigenvalue weighted by atomic mass is 14.2. The first-order valence-corrected chi connectivity index (χ1v) is 7.63. The second kappa shape index (κ2) is 5.66. The molecule has 0 amide bonds. The summed E-state index contributed by atoms with van der Waals surface area (Å²) in [4.78, 5) is 0. The highest BCUT2D eigenvalue weighted by Crippen LogP contribution is 2.37. The lowest BCUT2D eigenvalue weighted by molar-refractivity contribution is 0.666. The van der Waals surface area contributed by atoms with Crippen molar-refractivity contribution in [3.63, 3.8) is 0 Å². The fourth-order valence-corrected chi connectivity index (χ4v) is 2.82. The lowest BCUT2D eigenvalue weighted by atomic mass is 9.82. The van der Waals surface area contributed by atoms with Crippen molar-refractivity contribution in [2.75, 3.05) is 0 Å². The molecule has 0 bridgehead atoms. The largest absolute Gasteiger partial charge is 0.0622 e. The van der Waals surface area contributed by atoms with Crippen LogP contribution in [0, 0.1) is 0 Å². The second-order valence-electron chi connectivity index (χ2n) is 5.97. The van der Waals surface area contributed by atoms with Gasteiger partial charge in [0.1, 0.15) is 0 Å². The standard InChI is InChI=1S/C20H22/c1-15(2)16-11-13-19(14-12-16)20(18-9-6-10-18)17-7-4-3-5-8-17/h3-5,7-8,11-15H,6,9-10H2,1-2H3. The first-order chi connectivity index (χ1) is 9.75. The molecule has 102 valence electrons. The fraction of sp³-hybridized carbons (Fsp3) is 0.300. The van der Waals surface area contributed by atoms with Crippen molar-refractivity contribution in [3.05, 3.63) is 76.9 Å². The Bertz CT molecular complexity index is 594. The molecule has 0 heterocycles. The minimum Gasteiger partial charge on any atom is -0.0622 e. The molecule has 0 unspecified atom stereocenters. The van der Waals surface area contributed by atoms with E-state index in [-0.39, 0.29) is 0 Å². The zero-order valence-electron chi connectivity index (χ0n) is 12.4. The maximum atomic E-state index is 2.29. The molecule has 20 heavy (non-hydrogen) atoms. The number of hydrogen-bond acceptors (Lipinski definition) is 0. The highest BCUT2D eigenvalue weighted by Gasteiger charge is 2.17. The van der Waals surface area contributed by atoms with Gasteiger partial charge in [-0.1, -0.05) is 74.0 Å². The molecule has 0 saturated heterocycles. The molecule has 1 aliphatic carbocycles. The van der Waals surface area contributed by atoms with E-state index < -0.39 is 0 Å². The van der Waals surface area contributed by atoms with Gasteiger partial charge in [0, 0.05) is 0 Å². The fourth-order valence-electron chi connectivity index (χ4n) is 2.82. The van der Waals surface area contributed by atoms with Crippen LogP contribution in [0.3, 0.4) is 0 Å². The quantitative estimate of drug-likeness (QED) is 0.656. The van der Waals surface area contributed by atoms with Crippen molar-refractivity contribution in [3.8, 4) is 0 Å². The number of hydrogen-bond donors (Lipinski definition) is 0. The van der Waals surface area contributed by atoms with Crippen LogP contribution in [-0.4, -0.2) is 0 Å². The van der Waals surface area contributed by atoms with E-state index in [1.165, 1.54) is 41.5 Å². The Balaban J connectivity index is 2.03. The average Bonchev–Trinajstić information content (AvgIpc) is 2.44. The Labute approximate surface area is 122 Å². The third kappa shape index (κ3) is 2.56. The summed E-state index contributed by atoms with van der Waals surface area (Å²) in [6.07, 6.45) is 3.86. The van der Waals surface area contributed by atoms with Crippen LogP contribution in [0.15, 0.2) is 60.2 Å². The van der Waals surface area contributed by atoms with Gasteiger partial charge in [0.25, 0.3) is 0 Å². The van der Waals surface area contributed by atoms with E-state index in [1.807, 2.05) is 0 Å². The van der Waals surface area contributed by atoms with Crippen LogP contribution >= 0.6 is 0 Å². The van der Waals surface area contributed by atoms with Crippen molar-refractivity contribution >= 4 is 5.57 Å². The summed E-state index contributed by atoms with van der Waals surface area (Å²) >= 11 is 0. The van der Waals surface area contributed by atoms with Crippen LogP contribution < -0.4 is 0 Å². The molecule has 2 aromatic carbocycles. The van der Waals surface area contributed by atoms with Crippen molar-refractivity contribution < 1.29 is 0 Å². The first-order valence-electron chi connectivity index (χ1n) is 7.63. The van der Waals surface area contributed by atoms with Crippen LogP contribution in [-0.2, 0) is 0 Å². The predicted octanol–water partition coefficient (Wildman–Crippen LogP) is 5.80. The maximum absolute atomic E-state index is 2.29. The molecule has 1 fully saturated rings. The Kier molecular flexibility index (Phi) is 3.73. The summed E-state index contributed by atoms with van der Waals surface area (Å²) in [5.41, 5.74) is 7.23. The van der Waals surface area contributed by atoms with Gasteiger partial charge in [0.2, 0.25) is 0 Å². The molecule has 1 aliphatic rings. The molecule has 2 aromatic rings. The van der Waals surface area contributed by atoms with Gasteiger partial charge in [-0.15, -0.1) is 0 Å². The van der Waals surface area contributed by atoms with Crippen molar-refractivity contribution in [1.29, 1.82) is 0 Å². The molecular weight excluding hydrogens is 240 g/mol. The van der Waals surface area contributed by atoms with Gasteiger partial charge in [-0.3, -0.25) is 0 Å². The van der Waals surface area contributed by atoms with E-state index in [2.05, 4.69) is 68.4 Å². The Morgan fingerprint density at radius 2 is 1.40 bits per heavy atom. The van der Waals surface area contributed by atoms with Gasteiger partial charge in [-0.2, -0.15) is 0 Å². The molecule has 0 radical (unpaired) electrons. The first kappa shape index (κ1) is 13.2. The van der Waals surface area contributed by atoms with Crippen molar-refractivity contribution in [1.82, 2.24) is 0 Å². The zero-order chi connectivity index (χ0) is 13.9. The molecule has 3 rings (SSSR count). The van der Waals surface area contributed by atoms with E-state index in [1.54, 1.807) is 5.57 Å². The minimum absolute atomic E-state index is 0.598. The van der Waals surface area contributed by atoms with E-state index in [9.17, 15) is 0 Å². The minimum atomic E-state index is 0.598. The Morgan fingerprint density at radius 1 is 0.800 bits per heavy atom. The number of benzene rings is 2. The summed E-state index contributed by atoms with van der Waals surface area (Å²) < 4.78 is 0. The van der Waals surface area contributed by atoms with Crippen LogP contribution in [0.25, 0.3) is 5.57 Å². The van der Waals surface area contributed by atoms with E-state index in [0.29, 0.717) is 5.92 Å². The van der Waals surface area contributed by atoms with Crippen molar-refractivity contribution in [2.45, 2.75) is 39.0 Å². The van der Waals surface area contributed by atoms with Gasteiger partial charge in [0.15, 0.2) is 0 Å². The number of allylic oxidation sites excluding steroid dienone is 1. The van der Waals surface area contributed by atoms with E-state index in [4.69, 9.17) is 0 Å². The second-order valence-corrected chi connectivity index (χ2v) is 5.97. The van der Waals surface area contributed by atoms with Crippen LogP contribution in [0.4, 0.5) is 0 Å². The number of rotatable bonds is 3. The van der Waals surface area contributed by atoms with Crippen LogP contribution in [0.1, 0.15) is 55.7 Å². The lowest BCUT2D eigenvalue weighted by Crippen LogP contribution is -2.03. The highest BCUT2D eigenvalue weighted by molar-refractivity contribution is 5.82. The SMILES string of the molecule is CC(C)c1ccc(C(=C2CCC2)c2ccccc2)cc1.